The molecule has 0 radical (unpaired) electrons. The lowest BCUT2D eigenvalue weighted by Crippen LogP contribution is -2.68. The van der Waals surface area contributed by atoms with Gasteiger partial charge in [-0.05, 0) is 49.6 Å². The average molecular weight is 480 g/mol. The van der Waals surface area contributed by atoms with Crippen molar-refractivity contribution in [3.63, 3.8) is 0 Å². The molecule has 3 N–H and O–H groups in total. The van der Waals surface area contributed by atoms with E-state index in [4.69, 9.17) is 0 Å². The fraction of sp³-hybridized carbons (Fsp3) is 0.480. The maximum absolute atomic E-state index is 14.6. The van der Waals surface area contributed by atoms with Crippen LogP contribution in [0.3, 0.4) is 0 Å². The summed E-state index contributed by atoms with van der Waals surface area (Å²) in [6, 6.07) is 6.25. The van der Waals surface area contributed by atoms with Gasteiger partial charge in [0.05, 0.1) is 36.1 Å². The minimum absolute atomic E-state index is 0.0439. The average Bonchev–Trinajstić information content (AvgIpc) is 2.79. The number of hydrogen-bond acceptors (Lipinski definition) is 5. The van der Waals surface area contributed by atoms with Crippen LogP contribution in [0.25, 0.3) is 0 Å². The van der Waals surface area contributed by atoms with Crippen LogP contribution in [0.2, 0.25) is 0 Å². The molecule has 4 rings (SSSR count). The number of nitrogens with zero attached hydrogens (tertiary/aromatic N) is 2. The van der Waals surface area contributed by atoms with Gasteiger partial charge in [-0.3, -0.25) is 4.79 Å². The number of piperidine rings is 1. The standard InChI is InChI=1S/C23H26F3N3O3.C2H6/c1-14-2-5-19(18(25)10-14)27-21-16(3-4-17(24)20(21)26)22(31)29-12-23(32,13-29)11-28-8-6-15(30)7-9-28;1-2/h2-5,10,15,27,30,32H,6-9,11-13H2,1H3;1-2H3. The topological polar surface area (TPSA) is 76.0 Å². The highest BCUT2D eigenvalue weighted by molar-refractivity contribution is 6.01. The zero-order valence-electron chi connectivity index (χ0n) is 19.7. The summed E-state index contributed by atoms with van der Waals surface area (Å²) >= 11 is 0. The molecule has 34 heavy (non-hydrogen) atoms. The number of rotatable bonds is 5. The van der Waals surface area contributed by atoms with Crippen molar-refractivity contribution < 1.29 is 28.2 Å². The zero-order chi connectivity index (χ0) is 25.0. The number of nitrogens with one attached hydrogen (secondary N) is 1. The minimum Gasteiger partial charge on any atom is -0.393 e. The van der Waals surface area contributed by atoms with Crippen LogP contribution in [-0.4, -0.2) is 70.3 Å². The van der Waals surface area contributed by atoms with Crippen LogP contribution in [0.5, 0.6) is 0 Å². The molecule has 0 unspecified atom stereocenters. The fourth-order valence-electron chi connectivity index (χ4n) is 4.28. The van der Waals surface area contributed by atoms with Crippen molar-refractivity contribution >= 4 is 17.3 Å². The first-order valence-electron chi connectivity index (χ1n) is 11.6. The third-order valence-corrected chi connectivity index (χ3v) is 6.04. The summed E-state index contributed by atoms with van der Waals surface area (Å²) in [5.74, 6) is -3.68. The SMILES string of the molecule is CC.Cc1ccc(Nc2c(C(=O)N3CC(O)(CN4CCC(O)CC4)C3)ccc(F)c2F)c(F)c1. The van der Waals surface area contributed by atoms with Gasteiger partial charge in [-0.25, -0.2) is 13.2 Å². The molecule has 0 aliphatic carbocycles. The van der Waals surface area contributed by atoms with Gasteiger partial charge >= 0.3 is 0 Å². The maximum Gasteiger partial charge on any atom is 0.256 e. The van der Waals surface area contributed by atoms with Gasteiger partial charge in [0.25, 0.3) is 5.91 Å². The summed E-state index contributed by atoms with van der Waals surface area (Å²) < 4.78 is 42.7. The van der Waals surface area contributed by atoms with E-state index in [-0.39, 0.29) is 30.4 Å². The highest BCUT2D eigenvalue weighted by Gasteiger charge is 2.45. The molecule has 1 amide bonds. The number of benzene rings is 2. The van der Waals surface area contributed by atoms with Crippen LogP contribution in [0.15, 0.2) is 30.3 Å². The van der Waals surface area contributed by atoms with Gasteiger partial charge in [-0.2, -0.15) is 0 Å². The van der Waals surface area contributed by atoms with E-state index < -0.39 is 34.6 Å². The van der Waals surface area contributed by atoms with E-state index in [2.05, 4.69) is 5.32 Å². The second-order valence-electron chi connectivity index (χ2n) is 8.79. The fourth-order valence-corrected chi connectivity index (χ4v) is 4.28. The number of amides is 1. The van der Waals surface area contributed by atoms with Crippen LogP contribution in [-0.2, 0) is 0 Å². The van der Waals surface area contributed by atoms with E-state index in [9.17, 15) is 28.2 Å². The van der Waals surface area contributed by atoms with Crippen LogP contribution < -0.4 is 5.32 Å². The molecule has 6 nitrogen and oxygen atoms in total. The Kier molecular flexibility index (Phi) is 8.22. The number of carbonyl (C=O) groups is 1. The molecule has 2 aromatic carbocycles. The van der Waals surface area contributed by atoms with Gasteiger partial charge in [-0.1, -0.05) is 19.9 Å². The van der Waals surface area contributed by atoms with E-state index in [0.717, 1.165) is 12.1 Å². The molecule has 2 aliphatic heterocycles. The molecule has 0 saturated carbocycles. The number of likely N-dealkylation sites (tertiary alicyclic amines) is 2. The Morgan fingerprint density at radius 3 is 2.35 bits per heavy atom. The van der Waals surface area contributed by atoms with Crippen molar-refractivity contribution in [2.45, 2.75) is 45.3 Å². The molecule has 0 aromatic heterocycles. The van der Waals surface area contributed by atoms with E-state index in [0.29, 0.717) is 38.0 Å². The Balaban J connectivity index is 0.00000158. The summed E-state index contributed by atoms with van der Waals surface area (Å²) in [4.78, 5) is 16.4. The number of carbonyl (C=O) groups excluding carboxylic acids is 1. The highest BCUT2D eigenvalue weighted by atomic mass is 19.2. The maximum atomic E-state index is 14.6. The number of hydrogen-bond donors (Lipinski definition) is 3. The second-order valence-corrected chi connectivity index (χ2v) is 8.79. The molecule has 2 saturated heterocycles. The van der Waals surface area contributed by atoms with Crippen LogP contribution in [0.4, 0.5) is 24.5 Å². The van der Waals surface area contributed by atoms with Gasteiger partial charge in [0.1, 0.15) is 11.4 Å². The molecule has 2 fully saturated rings. The predicted octanol–water partition coefficient (Wildman–Crippen LogP) is 3.83. The quantitative estimate of drug-likeness (QED) is 0.608. The molecule has 0 spiro atoms. The summed E-state index contributed by atoms with van der Waals surface area (Å²) in [5, 5.41) is 22.9. The largest absolute Gasteiger partial charge is 0.393 e. The number of aryl methyl sites for hydroxylation is 1. The molecule has 2 heterocycles. The molecule has 2 aliphatic rings. The predicted molar refractivity (Wildman–Crippen MR) is 125 cm³/mol. The van der Waals surface area contributed by atoms with E-state index in [1.54, 1.807) is 13.0 Å². The Labute approximate surface area is 198 Å². The molecular formula is C25H32F3N3O3. The van der Waals surface area contributed by atoms with E-state index >= 15 is 0 Å². The molecule has 0 atom stereocenters. The van der Waals surface area contributed by atoms with Crippen LogP contribution in [0.1, 0.15) is 42.6 Å². The van der Waals surface area contributed by atoms with Crippen LogP contribution >= 0.6 is 0 Å². The lowest BCUT2D eigenvalue weighted by molar-refractivity contribution is -0.102. The van der Waals surface area contributed by atoms with Gasteiger partial charge < -0.3 is 25.3 Å². The van der Waals surface area contributed by atoms with Crippen molar-refractivity contribution in [3.8, 4) is 0 Å². The third-order valence-electron chi connectivity index (χ3n) is 6.04. The van der Waals surface area contributed by atoms with Crippen LogP contribution in [0, 0.1) is 24.4 Å². The van der Waals surface area contributed by atoms with Crippen molar-refractivity contribution in [1.29, 1.82) is 0 Å². The van der Waals surface area contributed by atoms with Gasteiger partial charge in [0.15, 0.2) is 11.6 Å². The smallest absolute Gasteiger partial charge is 0.256 e. The van der Waals surface area contributed by atoms with Gasteiger partial charge in [0, 0.05) is 19.6 Å². The number of halogens is 3. The molecular weight excluding hydrogens is 447 g/mol. The summed E-state index contributed by atoms with van der Waals surface area (Å²) in [7, 11) is 0. The first-order chi connectivity index (χ1) is 16.1. The Hall–Kier alpha value is -2.62. The molecule has 9 heteroatoms. The van der Waals surface area contributed by atoms with Crippen molar-refractivity contribution in [2.75, 3.05) is 38.0 Å². The molecule has 0 bridgehead atoms. The third kappa shape index (κ3) is 5.71. The zero-order valence-corrected chi connectivity index (χ0v) is 19.7. The van der Waals surface area contributed by atoms with Crippen molar-refractivity contribution in [3.05, 3.63) is 58.9 Å². The number of β-amino-alcohol motifs (C(OH)–C–C–N with tert-alkyl or cyclic N) is 1. The highest BCUT2D eigenvalue weighted by Crippen LogP contribution is 2.32. The Morgan fingerprint density at radius 2 is 1.74 bits per heavy atom. The normalized spacial score (nSPS) is 18.1. The van der Waals surface area contributed by atoms with E-state index in [1.165, 1.54) is 17.0 Å². The number of aliphatic hydroxyl groups is 2. The van der Waals surface area contributed by atoms with Gasteiger partial charge in [-0.15, -0.1) is 0 Å². The summed E-state index contributed by atoms with van der Waals surface area (Å²) in [6.07, 6.45) is 0.953. The van der Waals surface area contributed by atoms with Gasteiger partial charge in [0.2, 0.25) is 0 Å². The lowest BCUT2D eigenvalue weighted by Gasteiger charge is -2.49. The lowest BCUT2D eigenvalue weighted by atomic mass is 9.91. The number of anilines is 2. The Bertz CT molecular complexity index is 1020. The summed E-state index contributed by atoms with van der Waals surface area (Å²) in [5.41, 5.74) is -1.12. The molecule has 2 aromatic rings. The minimum atomic E-state index is -1.28. The second kappa shape index (κ2) is 10.8. The first-order valence-corrected chi connectivity index (χ1v) is 11.6. The van der Waals surface area contributed by atoms with Crippen molar-refractivity contribution in [2.24, 2.45) is 0 Å². The monoisotopic (exact) mass is 479 g/mol. The summed E-state index contributed by atoms with van der Waals surface area (Å²) in [6.45, 7) is 7.47. The Morgan fingerprint density at radius 1 is 1.09 bits per heavy atom. The molecule has 186 valence electrons. The van der Waals surface area contributed by atoms with Crippen molar-refractivity contribution in [1.82, 2.24) is 9.80 Å². The van der Waals surface area contributed by atoms with E-state index in [1.807, 2.05) is 18.7 Å². The first kappa shape index (κ1) is 26.0. The number of aliphatic hydroxyl groups excluding tert-OH is 1.